The second-order valence-corrected chi connectivity index (χ2v) is 10.4. The van der Waals surface area contributed by atoms with Gasteiger partial charge in [0, 0.05) is 25.9 Å². The van der Waals surface area contributed by atoms with E-state index in [1.807, 2.05) is 0 Å². The molecule has 0 saturated carbocycles. The van der Waals surface area contributed by atoms with Gasteiger partial charge in [-0.05, 0) is 37.1 Å². The Morgan fingerprint density at radius 2 is 1.79 bits per heavy atom. The van der Waals surface area contributed by atoms with Crippen LogP contribution in [0, 0.1) is 0 Å². The zero-order valence-corrected chi connectivity index (χ0v) is 18.1. The van der Waals surface area contributed by atoms with Gasteiger partial charge in [-0.2, -0.15) is 9.40 Å². The molecule has 11 heteroatoms. The molecule has 0 spiro atoms. The average molecular weight is 443 g/mol. The van der Waals surface area contributed by atoms with E-state index in [9.17, 15) is 16.8 Å². The number of nitrogens with one attached hydrogen (secondary N) is 1. The van der Waals surface area contributed by atoms with Crippen LogP contribution in [0.25, 0.3) is 0 Å². The number of anilines is 1. The largest absolute Gasteiger partial charge is 0.376 e. The monoisotopic (exact) mass is 442 g/mol. The van der Waals surface area contributed by atoms with Crippen molar-refractivity contribution in [2.45, 2.75) is 49.1 Å². The van der Waals surface area contributed by atoms with Crippen molar-refractivity contribution in [2.24, 2.45) is 0 Å². The zero-order chi connectivity index (χ0) is 21.1. The molecular weight excluding hydrogens is 416 g/mol. The first-order valence-corrected chi connectivity index (χ1v) is 12.5. The second kappa shape index (κ2) is 8.82. The minimum absolute atomic E-state index is 0.0251. The Balaban J connectivity index is 1.72. The molecule has 1 aromatic heterocycles. The van der Waals surface area contributed by atoms with E-state index >= 15 is 0 Å². The van der Waals surface area contributed by atoms with E-state index in [-0.39, 0.29) is 15.9 Å². The van der Waals surface area contributed by atoms with E-state index in [2.05, 4.69) is 9.82 Å². The lowest BCUT2D eigenvalue weighted by atomic mass is 10.2. The van der Waals surface area contributed by atoms with Gasteiger partial charge in [-0.25, -0.2) is 16.8 Å². The van der Waals surface area contributed by atoms with Crippen LogP contribution in [0.1, 0.15) is 26.7 Å². The summed E-state index contributed by atoms with van der Waals surface area (Å²) >= 11 is 0. The fourth-order valence-corrected chi connectivity index (χ4v) is 5.72. The smallest absolute Gasteiger partial charge is 0.261 e. The Labute approximate surface area is 171 Å². The molecule has 1 N–H and O–H groups in total. The lowest BCUT2D eigenvalue weighted by molar-refractivity contribution is 0.0940. The van der Waals surface area contributed by atoms with Crippen molar-refractivity contribution in [2.75, 3.05) is 24.4 Å². The van der Waals surface area contributed by atoms with Crippen LogP contribution in [0.3, 0.4) is 0 Å². The number of nitrogens with zero attached hydrogens (tertiary/aromatic N) is 3. The SMILES string of the molecule is CCN(CC)S(=O)(=O)c1ccc(S(=O)(=O)Nc2cnn(C[C@H]3CCCO3)c2)cc1. The number of sulfonamides is 2. The van der Waals surface area contributed by atoms with E-state index in [4.69, 9.17) is 4.74 Å². The van der Waals surface area contributed by atoms with E-state index in [1.165, 1.54) is 34.8 Å². The van der Waals surface area contributed by atoms with Gasteiger partial charge in [0.15, 0.2) is 0 Å². The third-order valence-electron chi connectivity index (χ3n) is 4.78. The molecule has 1 atom stereocenters. The molecule has 9 nitrogen and oxygen atoms in total. The molecule has 1 aliphatic heterocycles. The summed E-state index contributed by atoms with van der Waals surface area (Å²) in [5.74, 6) is 0. The highest BCUT2D eigenvalue weighted by atomic mass is 32.2. The Kier molecular flexibility index (Phi) is 6.62. The van der Waals surface area contributed by atoms with Gasteiger partial charge in [0.2, 0.25) is 10.0 Å². The first-order chi connectivity index (χ1) is 13.8. The number of aromatic nitrogens is 2. The lowest BCUT2D eigenvalue weighted by Gasteiger charge is -2.18. The third-order valence-corrected chi connectivity index (χ3v) is 8.24. The molecule has 2 heterocycles. The normalized spacial score (nSPS) is 17.7. The highest BCUT2D eigenvalue weighted by Gasteiger charge is 2.23. The van der Waals surface area contributed by atoms with E-state index in [0.29, 0.717) is 25.3 Å². The van der Waals surface area contributed by atoms with Crippen LogP contribution >= 0.6 is 0 Å². The summed E-state index contributed by atoms with van der Waals surface area (Å²) in [6.07, 6.45) is 5.12. The molecule has 3 rings (SSSR count). The third kappa shape index (κ3) is 4.97. The van der Waals surface area contributed by atoms with Gasteiger partial charge in [-0.3, -0.25) is 9.40 Å². The van der Waals surface area contributed by atoms with Crippen LogP contribution in [0.15, 0.2) is 46.5 Å². The van der Waals surface area contributed by atoms with Gasteiger partial charge in [-0.1, -0.05) is 13.8 Å². The van der Waals surface area contributed by atoms with Crippen LogP contribution in [-0.4, -0.2) is 56.7 Å². The van der Waals surface area contributed by atoms with E-state index < -0.39 is 20.0 Å². The minimum Gasteiger partial charge on any atom is -0.376 e. The Morgan fingerprint density at radius 1 is 1.14 bits per heavy atom. The molecule has 1 aromatic carbocycles. The highest BCUT2D eigenvalue weighted by Crippen LogP contribution is 2.21. The highest BCUT2D eigenvalue weighted by molar-refractivity contribution is 7.92. The Hall–Kier alpha value is -1.95. The summed E-state index contributed by atoms with van der Waals surface area (Å²) in [5.41, 5.74) is 0.336. The molecule has 0 aliphatic carbocycles. The van der Waals surface area contributed by atoms with Gasteiger partial charge >= 0.3 is 0 Å². The maximum atomic E-state index is 12.6. The number of rotatable bonds is 9. The predicted molar refractivity (Wildman–Crippen MR) is 109 cm³/mol. The van der Waals surface area contributed by atoms with Crippen molar-refractivity contribution in [3.8, 4) is 0 Å². The van der Waals surface area contributed by atoms with Crippen molar-refractivity contribution >= 4 is 25.7 Å². The molecule has 160 valence electrons. The van der Waals surface area contributed by atoms with Gasteiger partial charge in [0.1, 0.15) is 0 Å². The van der Waals surface area contributed by atoms with Gasteiger partial charge < -0.3 is 4.74 Å². The maximum Gasteiger partial charge on any atom is 0.261 e. The van der Waals surface area contributed by atoms with Crippen molar-refractivity contribution in [1.29, 1.82) is 0 Å². The molecule has 0 amide bonds. The summed E-state index contributed by atoms with van der Waals surface area (Å²) in [6, 6.07) is 5.19. The van der Waals surface area contributed by atoms with Gasteiger partial charge in [-0.15, -0.1) is 0 Å². The van der Waals surface area contributed by atoms with Crippen LogP contribution < -0.4 is 4.72 Å². The summed E-state index contributed by atoms with van der Waals surface area (Å²) < 4.78 is 61.3. The molecule has 2 aromatic rings. The van der Waals surface area contributed by atoms with Crippen molar-refractivity contribution in [1.82, 2.24) is 14.1 Å². The minimum atomic E-state index is -3.86. The fraction of sp³-hybridized carbons (Fsp3) is 0.500. The van der Waals surface area contributed by atoms with Crippen molar-refractivity contribution in [3.05, 3.63) is 36.7 Å². The fourth-order valence-electron chi connectivity index (χ4n) is 3.23. The first-order valence-electron chi connectivity index (χ1n) is 9.53. The number of ether oxygens (including phenoxy) is 1. The van der Waals surface area contributed by atoms with Crippen molar-refractivity contribution in [3.63, 3.8) is 0 Å². The summed E-state index contributed by atoms with van der Waals surface area (Å²) in [5, 5.41) is 4.17. The molecule has 29 heavy (non-hydrogen) atoms. The topological polar surface area (TPSA) is 111 Å². The number of hydrogen-bond acceptors (Lipinski definition) is 6. The Morgan fingerprint density at radius 3 is 2.38 bits per heavy atom. The number of benzene rings is 1. The molecule has 0 bridgehead atoms. The van der Waals surface area contributed by atoms with Gasteiger partial charge in [0.05, 0.1) is 34.3 Å². The van der Waals surface area contributed by atoms with Crippen molar-refractivity contribution < 1.29 is 21.6 Å². The summed E-state index contributed by atoms with van der Waals surface area (Å²) in [7, 11) is -7.50. The molecule has 1 aliphatic rings. The molecule has 0 unspecified atom stereocenters. The summed E-state index contributed by atoms with van der Waals surface area (Å²) in [6.45, 7) is 5.50. The molecule has 0 radical (unpaired) electrons. The van der Waals surface area contributed by atoms with Crippen LogP contribution in [-0.2, 0) is 31.3 Å². The standard InChI is InChI=1S/C18H26N4O5S2/c1-3-22(4-2)29(25,26)18-9-7-17(8-10-18)28(23,24)20-15-12-19-21(13-15)14-16-6-5-11-27-16/h7-10,12-13,16,20H,3-6,11,14H2,1-2H3/t16-/m1/s1. The van der Waals surface area contributed by atoms with Crippen LogP contribution in [0.5, 0.6) is 0 Å². The molecular formula is C18H26N4O5S2. The first kappa shape index (κ1) is 21.8. The zero-order valence-electron chi connectivity index (χ0n) is 16.5. The second-order valence-electron chi connectivity index (χ2n) is 6.75. The van der Waals surface area contributed by atoms with Crippen LogP contribution in [0.4, 0.5) is 5.69 Å². The number of hydrogen-bond donors (Lipinski definition) is 1. The van der Waals surface area contributed by atoms with Gasteiger partial charge in [0.25, 0.3) is 10.0 Å². The summed E-state index contributed by atoms with van der Waals surface area (Å²) in [4.78, 5) is 0.0346. The van der Waals surface area contributed by atoms with E-state index in [0.717, 1.165) is 19.4 Å². The Bertz CT molecular complexity index is 1020. The van der Waals surface area contributed by atoms with Crippen LogP contribution in [0.2, 0.25) is 0 Å². The lowest BCUT2D eigenvalue weighted by Crippen LogP contribution is -2.30. The maximum absolute atomic E-state index is 12.6. The quantitative estimate of drug-likeness (QED) is 0.635. The average Bonchev–Trinajstić information content (AvgIpc) is 3.35. The van der Waals surface area contributed by atoms with E-state index in [1.54, 1.807) is 24.7 Å². The molecule has 1 fully saturated rings. The predicted octanol–water partition coefficient (Wildman–Crippen LogP) is 1.89. The molecule has 1 saturated heterocycles.